The van der Waals surface area contributed by atoms with Crippen molar-refractivity contribution in [3.8, 4) is 11.8 Å². The predicted molar refractivity (Wildman–Crippen MR) is 93.4 cm³/mol. The van der Waals surface area contributed by atoms with Gasteiger partial charge >= 0.3 is 0 Å². The molecule has 4 rings (SSSR count). The SMILES string of the molecule is CC1(C)CC(=O)c2sc(N3CCOCC3)c(C#CC3CC3)c2C1. The van der Waals surface area contributed by atoms with Gasteiger partial charge in [-0.1, -0.05) is 25.7 Å². The number of ether oxygens (including phenoxy) is 1. The lowest BCUT2D eigenvalue weighted by atomic mass is 9.75. The van der Waals surface area contributed by atoms with Crippen LogP contribution in [0.3, 0.4) is 0 Å². The number of fused-ring (bicyclic) bond motifs is 1. The first-order valence-corrected chi connectivity index (χ1v) is 9.38. The summed E-state index contributed by atoms with van der Waals surface area (Å²) in [6.07, 6.45) is 4.08. The maximum Gasteiger partial charge on any atom is 0.173 e. The first-order chi connectivity index (χ1) is 11.0. The van der Waals surface area contributed by atoms with Crippen LogP contribution >= 0.6 is 11.3 Å². The molecule has 0 bridgehead atoms. The van der Waals surface area contributed by atoms with E-state index in [0.29, 0.717) is 18.1 Å². The number of Topliss-reactive ketones (excluding diaryl/α,β-unsaturated/α-hetero) is 1. The summed E-state index contributed by atoms with van der Waals surface area (Å²) in [5.74, 6) is 7.76. The Bertz CT molecular complexity index is 697. The van der Waals surface area contributed by atoms with Gasteiger partial charge < -0.3 is 9.64 Å². The number of carbonyl (C=O) groups excluding carboxylic acids is 1. The third kappa shape index (κ3) is 3.05. The Morgan fingerprint density at radius 3 is 2.65 bits per heavy atom. The fourth-order valence-corrected chi connectivity index (χ4v) is 4.69. The Labute approximate surface area is 142 Å². The number of hydrogen-bond acceptors (Lipinski definition) is 4. The zero-order chi connectivity index (χ0) is 16.0. The van der Waals surface area contributed by atoms with E-state index in [1.165, 1.54) is 23.4 Å². The highest BCUT2D eigenvalue weighted by Crippen LogP contribution is 2.45. The average Bonchev–Trinajstić information content (AvgIpc) is 3.26. The van der Waals surface area contributed by atoms with Crippen molar-refractivity contribution in [1.82, 2.24) is 0 Å². The van der Waals surface area contributed by atoms with Crippen molar-refractivity contribution in [2.24, 2.45) is 11.3 Å². The van der Waals surface area contributed by atoms with E-state index >= 15 is 0 Å². The first kappa shape index (κ1) is 15.2. The molecule has 2 aliphatic carbocycles. The van der Waals surface area contributed by atoms with E-state index in [0.717, 1.165) is 43.2 Å². The first-order valence-electron chi connectivity index (χ1n) is 8.57. The number of anilines is 1. The Balaban J connectivity index is 1.79. The monoisotopic (exact) mass is 329 g/mol. The Kier molecular flexibility index (Phi) is 3.74. The number of ketones is 1. The molecule has 2 fully saturated rings. The molecule has 3 aliphatic rings. The Morgan fingerprint density at radius 2 is 1.96 bits per heavy atom. The van der Waals surface area contributed by atoms with E-state index in [-0.39, 0.29) is 5.41 Å². The predicted octanol–water partition coefficient (Wildman–Crippen LogP) is 3.50. The molecule has 0 aromatic carbocycles. The smallest absolute Gasteiger partial charge is 0.173 e. The second-order valence-electron chi connectivity index (χ2n) is 7.67. The number of nitrogens with zero attached hydrogens (tertiary/aromatic N) is 1. The molecule has 1 aromatic heterocycles. The van der Waals surface area contributed by atoms with Crippen LogP contribution in [0.1, 0.15) is 53.9 Å². The molecule has 1 saturated heterocycles. The van der Waals surface area contributed by atoms with E-state index in [4.69, 9.17) is 4.74 Å². The van der Waals surface area contributed by atoms with Crippen LogP contribution in [-0.4, -0.2) is 32.1 Å². The van der Waals surface area contributed by atoms with Gasteiger partial charge in [-0.15, -0.1) is 11.3 Å². The van der Waals surface area contributed by atoms with Gasteiger partial charge in [-0.3, -0.25) is 4.79 Å². The van der Waals surface area contributed by atoms with Crippen LogP contribution in [0.4, 0.5) is 5.00 Å². The molecule has 122 valence electrons. The summed E-state index contributed by atoms with van der Waals surface area (Å²) in [6, 6.07) is 0. The van der Waals surface area contributed by atoms with E-state index < -0.39 is 0 Å². The van der Waals surface area contributed by atoms with Gasteiger partial charge in [0.1, 0.15) is 5.00 Å². The van der Waals surface area contributed by atoms with Crippen molar-refractivity contribution in [3.63, 3.8) is 0 Å². The van der Waals surface area contributed by atoms with E-state index in [1.54, 1.807) is 11.3 Å². The molecule has 1 aromatic rings. The third-order valence-corrected chi connectivity index (χ3v) is 6.15. The largest absolute Gasteiger partial charge is 0.378 e. The van der Waals surface area contributed by atoms with Crippen molar-refractivity contribution in [2.45, 2.75) is 39.5 Å². The molecule has 0 atom stereocenters. The second kappa shape index (κ2) is 5.65. The van der Waals surface area contributed by atoms with Crippen LogP contribution in [0.5, 0.6) is 0 Å². The number of thiophene rings is 1. The number of rotatable bonds is 1. The van der Waals surface area contributed by atoms with Gasteiger partial charge in [0.25, 0.3) is 0 Å². The van der Waals surface area contributed by atoms with Crippen molar-refractivity contribution in [3.05, 3.63) is 16.0 Å². The topological polar surface area (TPSA) is 29.5 Å². The number of morpholine rings is 1. The van der Waals surface area contributed by atoms with Crippen molar-refractivity contribution >= 4 is 22.1 Å². The quantitative estimate of drug-likeness (QED) is 0.739. The molecule has 3 nitrogen and oxygen atoms in total. The minimum atomic E-state index is 0.0451. The molecular weight excluding hydrogens is 306 g/mol. The van der Waals surface area contributed by atoms with Gasteiger partial charge in [-0.05, 0) is 30.2 Å². The molecule has 0 unspecified atom stereocenters. The van der Waals surface area contributed by atoms with Crippen molar-refractivity contribution < 1.29 is 9.53 Å². The summed E-state index contributed by atoms with van der Waals surface area (Å²) in [5, 5.41) is 1.21. The van der Waals surface area contributed by atoms with Gasteiger partial charge in [-0.25, -0.2) is 0 Å². The van der Waals surface area contributed by atoms with Crippen LogP contribution in [0.25, 0.3) is 0 Å². The average molecular weight is 329 g/mol. The van der Waals surface area contributed by atoms with E-state index in [9.17, 15) is 4.79 Å². The van der Waals surface area contributed by atoms with Crippen LogP contribution < -0.4 is 4.90 Å². The van der Waals surface area contributed by atoms with Crippen LogP contribution in [-0.2, 0) is 11.2 Å². The van der Waals surface area contributed by atoms with Crippen LogP contribution in [0.2, 0.25) is 0 Å². The molecule has 1 aliphatic heterocycles. The molecule has 2 heterocycles. The lowest BCUT2D eigenvalue weighted by Crippen LogP contribution is -2.36. The molecule has 0 amide bonds. The van der Waals surface area contributed by atoms with Gasteiger partial charge in [0.15, 0.2) is 5.78 Å². The Morgan fingerprint density at radius 1 is 1.22 bits per heavy atom. The normalized spacial score (nSPS) is 23.2. The van der Waals surface area contributed by atoms with Crippen molar-refractivity contribution in [2.75, 3.05) is 31.2 Å². The lowest BCUT2D eigenvalue weighted by Gasteiger charge is -2.29. The minimum absolute atomic E-state index is 0.0451. The highest BCUT2D eigenvalue weighted by molar-refractivity contribution is 7.18. The maximum absolute atomic E-state index is 12.6. The molecular formula is C19H23NO2S. The summed E-state index contributed by atoms with van der Waals surface area (Å²) in [6.45, 7) is 7.70. The molecule has 4 heteroatoms. The van der Waals surface area contributed by atoms with Crippen molar-refractivity contribution in [1.29, 1.82) is 0 Å². The highest BCUT2D eigenvalue weighted by Gasteiger charge is 2.36. The highest BCUT2D eigenvalue weighted by atomic mass is 32.1. The van der Waals surface area contributed by atoms with E-state index in [1.807, 2.05) is 0 Å². The van der Waals surface area contributed by atoms with Gasteiger partial charge in [-0.2, -0.15) is 0 Å². The fourth-order valence-electron chi connectivity index (χ4n) is 3.42. The Hall–Kier alpha value is -1.31. The second-order valence-corrected chi connectivity index (χ2v) is 8.67. The lowest BCUT2D eigenvalue weighted by molar-refractivity contribution is 0.0917. The van der Waals surface area contributed by atoms with Gasteiger partial charge in [0.05, 0.1) is 23.7 Å². The standard InChI is InChI=1S/C19H23NO2S/c1-19(2)11-15-14(6-5-13-3-4-13)18(20-7-9-22-10-8-20)23-17(15)16(21)12-19/h13H,3-4,7-12H2,1-2H3. The molecule has 0 N–H and O–H groups in total. The van der Waals surface area contributed by atoms with Gasteiger partial charge in [0.2, 0.25) is 0 Å². The maximum atomic E-state index is 12.6. The molecule has 0 spiro atoms. The summed E-state index contributed by atoms with van der Waals surface area (Å²) in [7, 11) is 0. The van der Waals surface area contributed by atoms with Crippen LogP contribution in [0.15, 0.2) is 0 Å². The van der Waals surface area contributed by atoms with E-state index in [2.05, 4.69) is 30.6 Å². The minimum Gasteiger partial charge on any atom is -0.378 e. The fraction of sp³-hybridized carbons (Fsp3) is 0.632. The summed E-state index contributed by atoms with van der Waals surface area (Å²) < 4.78 is 5.49. The van der Waals surface area contributed by atoms with Crippen LogP contribution in [0, 0.1) is 23.2 Å². The summed E-state index contributed by atoms with van der Waals surface area (Å²) >= 11 is 1.67. The van der Waals surface area contributed by atoms with Gasteiger partial charge in [0, 0.05) is 25.4 Å². The third-order valence-electron chi connectivity index (χ3n) is 4.81. The molecule has 23 heavy (non-hydrogen) atoms. The summed E-state index contributed by atoms with van der Waals surface area (Å²) in [4.78, 5) is 15.9. The molecule has 0 radical (unpaired) electrons. The zero-order valence-electron chi connectivity index (χ0n) is 13.9. The number of carbonyl (C=O) groups is 1. The zero-order valence-corrected chi connectivity index (χ0v) is 14.7. The summed E-state index contributed by atoms with van der Waals surface area (Å²) in [5.41, 5.74) is 2.40. The molecule has 1 saturated carbocycles. The number of hydrogen-bond donors (Lipinski definition) is 0.